The van der Waals surface area contributed by atoms with Crippen LogP contribution in [0.2, 0.25) is 0 Å². The molecule has 7 heteroatoms. The first kappa shape index (κ1) is 11.2. The Hall–Kier alpha value is -1.89. The molecule has 3 rings (SSSR count). The van der Waals surface area contributed by atoms with Crippen LogP contribution in [0.1, 0.15) is 37.9 Å². The molecule has 0 atom stereocenters. The number of anilines is 1. The lowest BCUT2D eigenvalue weighted by molar-refractivity contribution is 0.289. The molecule has 18 heavy (non-hydrogen) atoms. The third-order valence-corrected chi connectivity index (χ3v) is 3.60. The molecule has 2 aromatic heterocycles. The Morgan fingerprint density at radius 1 is 1.11 bits per heavy atom. The minimum atomic E-state index is -0.472. The van der Waals surface area contributed by atoms with Crippen LogP contribution in [0.4, 0.5) is 5.95 Å². The fraction of sp³-hybridized carbons (Fsp3) is 0.545. The van der Waals surface area contributed by atoms with Crippen molar-refractivity contribution in [2.24, 2.45) is 5.73 Å². The molecule has 7 nitrogen and oxygen atoms in total. The summed E-state index contributed by atoms with van der Waals surface area (Å²) < 4.78 is 0. The zero-order valence-electron chi connectivity index (χ0n) is 9.99. The van der Waals surface area contributed by atoms with Crippen LogP contribution >= 0.6 is 0 Å². The first-order valence-electron chi connectivity index (χ1n) is 6.13. The van der Waals surface area contributed by atoms with Gasteiger partial charge in [0.25, 0.3) is 5.56 Å². The quantitative estimate of drug-likeness (QED) is 0.579. The lowest BCUT2D eigenvalue weighted by Crippen LogP contribution is -2.39. The number of aromatic amines is 2. The summed E-state index contributed by atoms with van der Waals surface area (Å²) in [6.07, 6.45) is 5.12. The van der Waals surface area contributed by atoms with Gasteiger partial charge in [-0.05, 0) is 12.8 Å². The van der Waals surface area contributed by atoms with Crippen LogP contribution in [0.3, 0.4) is 0 Å². The van der Waals surface area contributed by atoms with Gasteiger partial charge in [0.1, 0.15) is 5.82 Å². The maximum Gasteiger partial charge on any atom is 0.278 e. The third kappa shape index (κ3) is 1.67. The predicted molar refractivity (Wildman–Crippen MR) is 67.9 cm³/mol. The standard InChI is InChI=1S/C11H16N6O/c12-10-16-7-6(8(18)17-10)14-9(15-7)11(13)4-2-1-3-5-11/h1-5,13H2,(H4,12,14,15,16,17,18). The maximum absolute atomic E-state index is 11.7. The zero-order valence-corrected chi connectivity index (χ0v) is 9.99. The van der Waals surface area contributed by atoms with Crippen molar-refractivity contribution in [1.82, 2.24) is 19.9 Å². The van der Waals surface area contributed by atoms with E-state index in [4.69, 9.17) is 11.5 Å². The minimum Gasteiger partial charge on any atom is -0.369 e. The van der Waals surface area contributed by atoms with Crippen molar-refractivity contribution in [1.29, 1.82) is 0 Å². The normalized spacial score (nSPS) is 19.2. The molecular weight excluding hydrogens is 232 g/mol. The van der Waals surface area contributed by atoms with Gasteiger partial charge in [-0.1, -0.05) is 19.3 Å². The third-order valence-electron chi connectivity index (χ3n) is 3.60. The maximum atomic E-state index is 11.7. The van der Waals surface area contributed by atoms with Crippen LogP contribution in [0, 0.1) is 0 Å². The molecule has 2 heterocycles. The van der Waals surface area contributed by atoms with E-state index in [0.29, 0.717) is 17.0 Å². The number of nitrogens with one attached hydrogen (secondary N) is 2. The Morgan fingerprint density at radius 2 is 1.83 bits per heavy atom. The average molecular weight is 248 g/mol. The summed E-state index contributed by atoms with van der Waals surface area (Å²) in [7, 11) is 0. The van der Waals surface area contributed by atoms with Crippen molar-refractivity contribution in [2.45, 2.75) is 37.6 Å². The van der Waals surface area contributed by atoms with E-state index in [9.17, 15) is 4.79 Å². The molecule has 0 aliphatic heterocycles. The number of nitrogen functional groups attached to an aromatic ring is 1. The molecule has 2 aromatic rings. The topological polar surface area (TPSA) is 126 Å². The molecule has 1 aliphatic carbocycles. The Bertz CT molecular complexity index is 637. The summed E-state index contributed by atoms with van der Waals surface area (Å²) in [6, 6.07) is 0. The van der Waals surface area contributed by atoms with Gasteiger partial charge in [-0.2, -0.15) is 4.98 Å². The van der Waals surface area contributed by atoms with Gasteiger partial charge in [-0.15, -0.1) is 0 Å². The van der Waals surface area contributed by atoms with Gasteiger partial charge in [0.15, 0.2) is 11.2 Å². The van der Waals surface area contributed by atoms with Gasteiger partial charge in [-0.25, -0.2) is 4.98 Å². The highest BCUT2D eigenvalue weighted by molar-refractivity contribution is 5.70. The molecule has 0 bridgehead atoms. The molecular formula is C11H16N6O. The van der Waals surface area contributed by atoms with Crippen molar-refractivity contribution in [3.8, 4) is 0 Å². The van der Waals surface area contributed by atoms with Crippen molar-refractivity contribution >= 4 is 17.1 Å². The van der Waals surface area contributed by atoms with E-state index in [-0.39, 0.29) is 11.5 Å². The Balaban J connectivity index is 2.13. The van der Waals surface area contributed by atoms with Crippen LogP contribution < -0.4 is 17.0 Å². The predicted octanol–water partition coefficient (Wildman–Crippen LogP) is 0.346. The molecule has 1 aliphatic rings. The van der Waals surface area contributed by atoms with Crippen LogP contribution in [-0.4, -0.2) is 19.9 Å². The van der Waals surface area contributed by atoms with Crippen molar-refractivity contribution in [3.63, 3.8) is 0 Å². The fourth-order valence-electron chi connectivity index (χ4n) is 2.58. The smallest absolute Gasteiger partial charge is 0.278 e. The SMILES string of the molecule is Nc1nc2nc(C3(N)CCCCC3)[nH]c2c(=O)[nH]1. The number of nitrogens with zero attached hydrogens (tertiary/aromatic N) is 2. The minimum absolute atomic E-state index is 0.0697. The largest absolute Gasteiger partial charge is 0.369 e. The molecule has 0 unspecified atom stereocenters. The number of imidazole rings is 1. The number of hydrogen-bond donors (Lipinski definition) is 4. The van der Waals surface area contributed by atoms with Gasteiger partial charge in [0, 0.05) is 0 Å². The monoisotopic (exact) mass is 248 g/mol. The van der Waals surface area contributed by atoms with Crippen LogP contribution in [0.15, 0.2) is 4.79 Å². The second kappa shape index (κ2) is 3.81. The van der Waals surface area contributed by atoms with Gasteiger partial charge < -0.3 is 16.5 Å². The summed E-state index contributed by atoms with van der Waals surface area (Å²) in [5.41, 5.74) is 11.8. The molecule has 1 saturated carbocycles. The average Bonchev–Trinajstić information content (AvgIpc) is 2.74. The van der Waals surface area contributed by atoms with E-state index in [1.54, 1.807) is 0 Å². The fourth-order valence-corrected chi connectivity index (χ4v) is 2.58. The Labute approximate surface area is 103 Å². The van der Waals surface area contributed by atoms with E-state index < -0.39 is 5.54 Å². The molecule has 96 valence electrons. The van der Waals surface area contributed by atoms with E-state index in [1.165, 1.54) is 6.42 Å². The van der Waals surface area contributed by atoms with Crippen LogP contribution in [0.5, 0.6) is 0 Å². The summed E-state index contributed by atoms with van der Waals surface area (Å²) in [4.78, 5) is 25.5. The number of aromatic nitrogens is 4. The highest BCUT2D eigenvalue weighted by Crippen LogP contribution is 2.33. The second-order valence-electron chi connectivity index (χ2n) is 4.95. The van der Waals surface area contributed by atoms with Crippen molar-refractivity contribution < 1.29 is 0 Å². The summed E-state index contributed by atoms with van der Waals surface area (Å²) in [5, 5.41) is 0. The Morgan fingerprint density at radius 3 is 2.56 bits per heavy atom. The van der Waals surface area contributed by atoms with Crippen molar-refractivity contribution in [3.05, 3.63) is 16.2 Å². The van der Waals surface area contributed by atoms with Gasteiger partial charge in [0.2, 0.25) is 5.95 Å². The molecule has 0 saturated heterocycles. The Kier molecular flexibility index (Phi) is 2.37. The molecule has 0 amide bonds. The summed E-state index contributed by atoms with van der Waals surface area (Å²) in [5.74, 6) is 0.709. The summed E-state index contributed by atoms with van der Waals surface area (Å²) in [6.45, 7) is 0. The first-order valence-corrected chi connectivity index (χ1v) is 6.13. The number of H-pyrrole nitrogens is 2. The number of nitrogens with two attached hydrogens (primary N) is 2. The van der Waals surface area contributed by atoms with Gasteiger partial charge in [-0.3, -0.25) is 9.78 Å². The highest BCUT2D eigenvalue weighted by atomic mass is 16.1. The lowest BCUT2D eigenvalue weighted by Gasteiger charge is -2.31. The van der Waals surface area contributed by atoms with Gasteiger partial charge in [0.05, 0.1) is 5.54 Å². The number of hydrogen-bond acceptors (Lipinski definition) is 5. The van der Waals surface area contributed by atoms with E-state index in [0.717, 1.165) is 25.7 Å². The molecule has 6 N–H and O–H groups in total. The highest BCUT2D eigenvalue weighted by Gasteiger charge is 2.33. The lowest BCUT2D eigenvalue weighted by atomic mass is 9.82. The number of fused-ring (bicyclic) bond motifs is 1. The molecule has 0 radical (unpaired) electrons. The number of rotatable bonds is 1. The first-order chi connectivity index (χ1) is 8.58. The van der Waals surface area contributed by atoms with Crippen molar-refractivity contribution in [2.75, 3.05) is 5.73 Å². The molecule has 0 spiro atoms. The van der Waals surface area contributed by atoms with E-state index in [2.05, 4.69) is 19.9 Å². The summed E-state index contributed by atoms with van der Waals surface area (Å²) >= 11 is 0. The second-order valence-corrected chi connectivity index (χ2v) is 4.95. The molecule has 0 aromatic carbocycles. The van der Waals surface area contributed by atoms with Crippen LogP contribution in [-0.2, 0) is 5.54 Å². The van der Waals surface area contributed by atoms with E-state index in [1.807, 2.05) is 0 Å². The van der Waals surface area contributed by atoms with Gasteiger partial charge >= 0.3 is 0 Å². The zero-order chi connectivity index (χ0) is 12.8. The molecule has 1 fully saturated rings. The van der Waals surface area contributed by atoms with Crippen LogP contribution in [0.25, 0.3) is 11.2 Å². The van der Waals surface area contributed by atoms with E-state index >= 15 is 0 Å².